The van der Waals surface area contributed by atoms with Crippen LogP contribution in [0.5, 0.6) is 0 Å². The van der Waals surface area contributed by atoms with Crippen molar-refractivity contribution in [2.45, 2.75) is 19.3 Å². The van der Waals surface area contributed by atoms with Gasteiger partial charge in [0.05, 0.1) is 13.0 Å². The van der Waals surface area contributed by atoms with Crippen LogP contribution in [0.4, 0.5) is 11.4 Å². The van der Waals surface area contributed by atoms with E-state index in [9.17, 15) is 14.4 Å². The Morgan fingerprint density at radius 1 is 0.842 bits per heavy atom. The van der Waals surface area contributed by atoms with Crippen LogP contribution in [-0.4, -0.2) is 30.7 Å². The number of carbonyl (C=O) groups excluding carboxylic acids is 3. The number of Topliss-reactive ketones (excluding diaryl/α,β-unsaturated/α-hetero) is 1. The van der Waals surface area contributed by atoms with Gasteiger partial charge < -0.3 is 9.80 Å². The van der Waals surface area contributed by atoms with Crippen molar-refractivity contribution in [3.63, 3.8) is 0 Å². The van der Waals surface area contributed by atoms with Crippen molar-refractivity contribution < 1.29 is 14.4 Å². The molecular weight excluding hydrogens is 244 g/mol. The molecule has 0 spiro atoms. The van der Waals surface area contributed by atoms with E-state index in [2.05, 4.69) is 0 Å². The highest BCUT2D eigenvalue weighted by molar-refractivity contribution is 6.15. The first-order chi connectivity index (χ1) is 9.15. The van der Waals surface area contributed by atoms with Crippen molar-refractivity contribution in [3.8, 4) is 0 Å². The Labute approximate surface area is 110 Å². The van der Waals surface area contributed by atoms with Crippen molar-refractivity contribution in [3.05, 3.63) is 24.3 Å². The molecule has 0 radical (unpaired) electrons. The number of ketones is 1. The fourth-order valence-electron chi connectivity index (χ4n) is 2.55. The van der Waals surface area contributed by atoms with Gasteiger partial charge in [0.15, 0.2) is 5.78 Å². The third-order valence-electron chi connectivity index (χ3n) is 3.53. The molecule has 5 nitrogen and oxygen atoms in total. The van der Waals surface area contributed by atoms with Crippen LogP contribution in [0.3, 0.4) is 0 Å². The third kappa shape index (κ3) is 2.12. The highest BCUT2D eigenvalue weighted by Gasteiger charge is 2.28. The third-order valence-corrected chi connectivity index (χ3v) is 3.53. The average molecular weight is 258 g/mol. The molecule has 0 unspecified atom stereocenters. The Kier molecular flexibility index (Phi) is 2.81. The van der Waals surface area contributed by atoms with Gasteiger partial charge in [0.2, 0.25) is 11.8 Å². The first-order valence-electron chi connectivity index (χ1n) is 6.37. The Morgan fingerprint density at radius 2 is 1.47 bits per heavy atom. The van der Waals surface area contributed by atoms with Crippen molar-refractivity contribution in [2.24, 2.45) is 0 Å². The van der Waals surface area contributed by atoms with Crippen LogP contribution < -0.4 is 9.80 Å². The van der Waals surface area contributed by atoms with Gasteiger partial charge in [-0.1, -0.05) is 0 Å². The first-order valence-corrected chi connectivity index (χ1v) is 6.37. The fourth-order valence-corrected chi connectivity index (χ4v) is 2.55. The summed E-state index contributed by atoms with van der Waals surface area (Å²) in [7, 11) is 0. The molecule has 5 heteroatoms. The molecule has 3 rings (SSSR count). The van der Waals surface area contributed by atoms with Crippen LogP contribution in [0.2, 0.25) is 0 Å². The number of anilines is 2. The quantitative estimate of drug-likeness (QED) is 0.747. The van der Waals surface area contributed by atoms with Gasteiger partial charge in [0.1, 0.15) is 0 Å². The second-order valence-corrected chi connectivity index (χ2v) is 4.86. The van der Waals surface area contributed by atoms with E-state index in [1.54, 1.807) is 17.0 Å². The van der Waals surface area contributed by atoms with Crippen molar-refractivity contribution in [1.29, 1.82) is 0 Å². The summed E-state index contributed by atoms with van der Waals surface area (Å²) >= 11 is 0. The van der Waals surface area contributed by atoms with Crippen molar-refractivity contribution in [2.75, 3.05) is 22.9 Å². The molecular formula is C14H14N2O3. The van der Waals surface area contributed by atoms with Crippen molar-refractivity contribution in [1.82, 2.24) is 0 Å². The van der Waals surface area contributed by atoms with E-state index in [-0.39, 0.29) is 30.6 Å². The van der Waals surface area contributed by atoms with Gasteiger partial charge in [-0.15, -0.1) is 0 Å². The van der Waals surface area contributed by atoms with E-state index in [0.717, 1.165) is 18.7 Å². The highest BCUT2D eigenvalue weighted by Crippen LogP contribution is 2.26. The lowest BCUT2D eigenvalue weighted by molar-refractivity contribution is -0.121. The van der Waals surface area contributed by atoms with Crippen LogP contribution in [0.15, 0.2) is 24.3 Å². The molecule has 0 bridgehead atoms. The highest BCUT2D eigenvalue weighted by atomic mass is 16.2. The molecule has 0 aromatic heterocycles. The van der Waals surface area contributed by atoms with E-state index in [4.69, 9.17) is 0 Å². The molecule has 2 heterocycles. The molecule has 2 amide bonds. The molecule has 2 aliphatic rings. The summed E-state index contributed by atoms with van der Waals surface area (Å²) in [5, 5.41) is 0. The summed E-state index contributed by atoms with van der Waals surface area (Å²) in [4.78, 5) is 37.7. The van der Waals surface area contributed by atoms with E-state index in [1.165, 1.54) is 4.90 Å². The Bertz CT molecular complexity index is 550. The molecule has 2 aliphatic heterocycles. The molecule has 1 aromatic carbocycles. The van der Waals surface area contributed by atoms with Crippen LogP contribution >= 0.6 is 0 Å². The minimum Gasteiger partial charge on any atom is -0.312 e. The maximum absolute atomic E-state index is 11.6. The zero-order valence-corrected chi connectivity index (χ0v) is 10.5. The Balaban J connectivity index is 1.81. The zero-order valence-electron chi connectivity index (χ0n) is 10.5. The Hall–Kier alpha value is -2.17. The lowest BCUT2D eigenvalue weighted by Gasteiger charge is -2.18. The monoisotopic (exact) mass is 258 g/mol. The molecule has 0 N–H and O–H groups in total. The summed E-state index contributed by atoms with van der Waals surface area (Å²) in [5.41, 5.74) is 1.57. The van der Waals surface area contributed by atoms with Crippen LogP contribution in [0, 0.1) is 0 Å². The van der Waals surface area contributed by atoms with Crippen LogP contribution in [0.1, 0.15) is 19.3 Å². The normalized spacial score (nSPS) is 19.7. The summed E-state index contributed by atoms with van der Waals surface area (Å²) in [6, 6.07) is 7.23. The Morgan fingerprint density at radius 3 is 1.95 bits per heavy atom. The maximum atomic E-state index is 11.6. The minimum atomic E-state index is -0.157. The number of rotatable bonds is 2. The molecule has 19 heavy (non-hydrogen) atoms. The van der Waals surface area contributed by atoms with Gasteiger partial charge in [0, 0.05) is 24.3 Å². The molecule has 2 fully saturated rings. The fraction of sp³-hybridized carbons (Fsp3) is 0.357. The second kappa shape index (κ2) is 4.50. The smallest absolute Gasteiger partial charge is 0.234 e. The number of amides is 2. The minimum absolute atomic E-state index is 0.00758. The number of benzene rings is 1. The summed E-state index contributed by atoms with van der Waals surface area (Å²) in [5.74, 6) is -0.0704. The van der Waals surface area contributed by atoms with Gasteiger partial charge in [-0.25, -0.2) is 0 Å². The van der Waals surface area contributed by atoms with Crippen LogP contribution in [0.25, 0.3) is 0 Å². The lowest BCUT2D eigenvalue weighted by atomic mass is 10.2. The molecule has 98 valence electrons. The van der Waals surface area contributed by atoms with Gasteiger partial charge in [0.25, 0.3) is 0 Å². The van der Waals surface area contributed by atoms with Gasteiger partial charge >= 0.3 is 0 Å². The number of hydrogen-bond acceptors (Lipinski definition) is 3. The second-order valence-electron chi connectivity index (χ2n) is 4.86. The topological polar surface area (TPSA) is 57.7 Å². The standard InChI is InChI=1S/C14H14N2O3/c17-12-8-14(19)16(9-12)11-5-3-10(4-6-11)15-7-1-2-13(15)18/h3-6H,1-2,7-9H2. The molecule has 1 aromatic rings. The number of nitrogens with zero attached hydrogens (tertiary/aromatic N) is 2. The predicted molar refractivity (Wildman–Crippen MR) is 70.0 cm³/mol. The van der Waals surface area contributed by atoms with E-state index in [0.29, 0.717) is 12.1 Å². The lowest BCUT2D eigenvalue weighted by Crippen LogP contribution is -2.25. The van der Waals surface area contributed by atoms with Gasteiger partial charge in [-0.05, 0) is 30.7 Å². The van der Waals surface area contributed by atoms with Crippen molar-refractivity contribution >= 4 is 29.0 Å². The molecule has 0 atom stereocenters. The molecule has 2 saturated heterocycles. The van der Waals surface area contributed by atoms with E-state index >= 15 is 0 Å². The number of hydrogen-bond donors (Lipinski definition) is 0. The summed E-state index contributed by atoms with van der Waals surface area (Å²) in [6.07, 6.45) is 1.48. The van der Waals surface area contributed by atoms with E-state index in [1.807, 2.05) is 12.1 Å². The average Bonchev–Trinajstić information content (AvgIpc) is 2.96. The van der Waals surface area contributed by atoms with Gasteiger partial charge in [-0.3, -0.25) is 14.4 Å². The molecule has 0 aliphatic carbocycles. The summed E-state index contributed by atoms with van der Waals surface area (Å²) in [6.45, 7) is 0.903. The first kappa shape index (κ1) is 11.9. The maximum Gasteiger partial charge on any atom is 0.234 e. The largest absolute Gasteiger partial charge is 0.312 e. The molecule has 0 saturated carbocycles. The zero-order chi connectivity index (χ0) is 13.4. The SMILES string of the molecule is O=C1CC(=O)N(c2ccc(N3CCCC3=O)cc2)C1. The summed E-state index contributed by atoms with van der Waals surface area (Å²) < 4.78 is 0. The van der Waals surface area contributed by atoms with E-state index < -0.39 is 0 Å². The predicted octanol–water partition coefficient (Wildman–Crippen LogP) is 1.12. The van der Waals surface area contributed by atoms with Gasteiger partial charge in [-0.2, -0.15) is 0 Å². The van der Waals surface area contributed by atoms with Crippen LogP contribution in [-0.2, 0) is 14.4 Å². The number of carbonyl (C=O) groups is 3.